The van der Waals surface area contributed by atoms with Crippen LogP contribution in [0.5, 0.6) is 0 Å². The Labute approximate surface area is 347 Å². The Hall–Kier alpha value is -1.90. The molecule has 25 nitrogen and oxygen atoms in total. The number of unbranched alkanes of at least 4 members (excludes halogenated alkanes) is 2. The SMILES string of the molecule is CC(=O)OP(N)(=O)OC(C)(C)C.CC(=O)OP(N)(=O)OC(C)C.CC(=O)OP(N)(=O)OCC(C)C.CCCCCOP(N)(=O)OC(C)=O.CCCOP(N)(=O)OC(C)=O. The molecular weight excluding hydrogens is 893 g/mol. The average Bonchev–Trinajstić information content (AvgIpc) is 2.93. The van der Waals surface area contributed by atoms with E-state index in [4.69, 9.17) is 41.1 Å². The van der Waals surface area contributed by atoms with Gasteiger partial charge in [-0.05, 0) is 53.4 Å². The van der Waals surface area contributed by atoms with Gasteiger partial charge >= 0.3 is 68.6 Å². The molecule has 0 saturated heterocycles. The maximum absolute atomic E-state index is 11.2. The van der Waals surface area contributed by atoms with Gasteiger partial charge in [-0.2, -0.15) is 0 Å². The van der Waals surface area contributed by atoms with Gasteiger partial charge in [-0.3, -0.25) is 46.6 Å². The fourth-order valence-electron chi connectivity index (χ4n) is 2.71. The van der Waals surface area contributed by atoms with Crippen LogP contribution in [0.25, 0.3) is 0 Å². The van der Waals surface area contributed by atoms with Gasteiger partial charge in [0.25, 0.3) is 0 Å². The summed E-state index contributed by atoms with van der Waals surface area (Å²) >= 11 is 0. The summed E-state index contributed by atoms with van der Waals surface area (Å²) in [5.41, 5.74) is 24.5. The number of hydrogen-bond acceptors (Lipinski definition) is 20. The monoisotopic (exact) mass is 961 g/mol. The van der Waals surface area contributed by atoms with Gasteiger partial charge in [-0.25, -0.2) is 50.3 Å². The van der Waals surface area contributed by atoms with Crippen molar-refractivity contribution in [3.63, 3.8) is 0 Å². The van der Waals surface area contributed by atoms with Gasteiger partial charge in [0, 0.05) is 34.6 Å². The standard InChI is InChI=1S/C7H16NO4P.2C6H14NO4P.2C5H12NO4P/c1-3-4-5-6-11-13(8,10)12-7(2)9;1-5(8)10-12(7,9)11-6(2,3)4;1-5(2)4-10-12(7,9)11-6(3)8;1-4(2)9-11(6,8)10-5(3)7;1-3-4-9-11(6,8)10-5(2)7/h3-6H2,1-2H3,(H2,8,10);1-4H3,(H2,7,9);5H,4H2,1-3H3,(H2,7,9);4H,1-3H3,(H2,6,8);3-4H2,1-2H3,(H2,6,8). The van der Waals surface area contributed by atoms with Crippen molar-refractivity contribution in [2.24, 2.45) is 33.4 Å². The maximum atomic E-state index is 11.2. The van der Waals surface area contributed by atoms with Crippen LogP contribution in [-0.2, 0) is 92.0 Å². The molecule has 0 heterocycles. The predicted octanol–water partition coefficient (Wildman–Crippen LogP) is 6.63. The quantitative estimate of drug-likeness (QED) is 0.0669. The summed E-state index contributed by atoms with van der Waals surface area (Å²) in [6.45, 7) is 22.2. The Morgan fingerprint density at radius 3 is 1.10 bits per heavy atom. The van der Waals surface area contributed by atoms with Crippen molar-refractivity contribution in [1.82, 2.24) is 0 Å². The molecule has 0 aromatic rings. The Morgan fingerprint density at radius 2 is 0.814 bits per heavy atom. The van der Waals surface area contributed by atoms with Crippen LogP contribution in [0.3, 0.4) is 0 Å². The Bertz CT molecular complexity index is 1510. The summed E-state index contributed by atoms with van der Waals surface area (Å²) in [6, 6.07) is 0. The van der Waals surface area contributed by atoms with Gasteiger partial charge in [0.2, 0.25) is 0 Å². The van der Waals surface area contributed by atoms with Gasteiger partial charge in [0.15, 0.2) is 0 Å². The van der Waals surface area contributed by atoms with Crippen LogP contribution in [0.15, 0.2) is 0 Å². The zero-order chi connectivity index (χ0) is 48.1. The van der Waals surface area contributed by atoms with Crippen LogP contribution in [0.4, 0.5) is 0 Å². The molecule has 59 heavy (non-hydrogen) atoms. The number of nitrogens with two attached hydrogens (primary N) is 5. The summed E-state index contributed by atoms with van der Waals surface area (Å²) in [4.78, 5) is 51.7. The molecule has 0 bridgehead atoms. The van der Waals surface area contributed by atoms with E-state index in [0.717, 1.165) is 53.9 Å². The minimum Gasteiger partial charge on any atom is -0.380 e. The van der Waals surface area contributed by atoms with E-state index in [1.807, 2.05) is 27.7 Å². The Balaban J connectivity index is -0.000000206. The molecule has 354 valence electrons. The predicted molar refractivity (Wildman–Crippen MR) is 217 cm³/mol. The van der Waals surface area contributed by atoms with Crippen LogP contribution in [0, 0.1) is 5.92 Å². The first kappa shape index (κ1) is 66.2. The van der Waals surface area contributed by atoms with Crippen LogP contribution in [-0.4, -0.2) is 61.4 Å². The highest BCUT2D eigenvalue weighted by molar-refractivity contribution is 7.52. The molecule has 5 atom stereocenters. The van der Waals surface area contributed by atoms with E-state index in [1.54, 1.807) is 34.6 Å². The zero-order valence-corrected chi connectivity index (χ0v) is 40.9. The fourth-order valence-corrected chi connectivity index (χ4v) is 7.41. The zero-order valence-electron chi connectivity index (χ0n) is 36.4. The third-order valence-corrected chi connectivity index (χ3v) is 9.79. The van der Waals surface area contributed by atoms with E-state index in [1.165, 1.54) is 0 Å². The van der Waals surface area contributed by atoms with E-state index in [9.17, 15) is 46.8 Å². The number of hydrogen-bond donors (Lipinski definition) is 5. The third-order valence-electron chi connectivity index (χ3n) is 4.12. The largest absolute Gasteiger partial charge is 0.458 e. The highest BCUT2D eigenvalue weighted by Gasteiger charge is 2.29. The molecule has 0 rings (SSSR count). The molecule has 0 saturated carbocycles. The Kier molecular flexibility index (Phi) is 36.8. The highest BCUT2D eigenvalue weighted by Crippen LogP contribution is 2.44. The van der Waals surface area contributed by atoms with E-state index >= 15 is 0 Å². The number of carbonyl (C=O) groups excluding carboxylic acids is 5. The summed E-state index contributed by atoms with van der Waals surface area (Å²) in [6.07, 6.45) is 3.11. The van der Waals surface area contributed by atoms with Crippen molar-refractivity contribution >= 4 is 68.6 Å². The first-order valence-corrected chi connectivity index (χ1v) is 25.6. The lowest BCUT2D eigenvalue weighted by molar-refractivity contribution is -0.134. The molecule has 0 amide bonds. The van der Waals surface area contributed by atoms with Gasteiger partial charge in [-0.1, -0.05) is 40.5 Å². The average molecular weight is 962 g/mol. The van der Waals surface area contributed by atoms with E-state index in [2.05, 4.69) is 31.7 Å². The smallest absolute Gasteiger partial charge is 0.380 e. The second-order valence-electron chi connectivity index (χ2n) is 13.0. The lowest BCUT2D eigenvalue weighted by Crippen LogP contribution is -2.21. The molecule has 5 unspecified atom stereocenters. The van der Waals surface area contributed by atoms with E-state index in [0.29, 0.717) is 6.42 Å². The van der Waals surface area contributed by atoms with E-state index in [-0.39, 0.29) is 31.8 Å². The fraction of sp³-hybridized carbons (Fsp3) is 0.828. The molecule has 0 aromatic carbocycles. The van der Waals surface area contributed by atoms with Gasteiger partial charge < -0.3 is 22.6 Å². The lowest BCUT2D eigenvalue weighted by atomic mass is 10.2. The molecule has 0 aliphatic rings. The molecule has 10 N–H and O–H groups in total. The van der Waals surface area contributed by atoms with Crippen molar-refractivity contribution in [2.45, 2.75) is 134 Å². The summed E-state index contributed by atoms with van der Waals surface area (Å²) in [5.74, 6) is -3.34. The van der Waals surface area contributed by atoms with Crippen LogP contribution >= 0.6 is 38.7 Å². The molecular formula is C29H68N5O20P5. The molecule has 30 heteroatoms. The molecule has 0 fully saturated rings. The molecule has 0 radical (unpaired) electrons. The van der Waals surface area contributed by atoms with Gasteiger partial charge in [-0.15, -0.1) is 0 Å². The highest BCUT2D eigenvalue weighted by atomic mass is 31.2. The minimum atomic E-state index is -3.72. The van der Waals surface area contributed by atoms with Crippen LogP contribution < -0.4 is 27.5 Å². The summed E-state index contributed by atoms with van der Waals surface area (Å²) in [5, 5.41) is 0. The Morgan fingerprint density at radius 1 is 0.492 bits per heavy atom. The van der Waals surface area contributed by atoms with Crippen molar-refractivity contribution in [1.29, 1.82) is 0 Å². The second-order valence-corrected chi connectivity index (χ2v) is 20.5. The van der Waals surface area contributed by atoms with Crippen molar-refractivity contribution in [2.75, 3.05) is 19.8 Å². The minimum absolute atomic E-state index is 0.192. The van der Waals surface area contributed by atoms with Crippen molar-refractivity contribution in [3.05, 3.63) is 0 Å². The first-order chi connectivity index (χ1) is 26.2. The van der Waals surface area contributed by atoms with Crippen LogP contribution in [0.1, 0.15) is 123 Å². The van der Waals surface area contributed by atoms with Crippen molar-refractivity contribution in [3.8, 4) is 0 Å². The molecule has 0 aliphatic carbocycles. The first-order valence-electron chi connectivity index (χ1n) is 17.5. The van der Waals surface area contributed by atoms with Gasteiger partial charge in [0.1, 0.15) is 0 Å². The lowest BCUT2D eigenvalue weighted by Gasteiger charge is -2.22. The topological polar surface area (TPSA) is 393 Å². The number of carbonyl (C=O) groups is 5. The third kappa shape index (κ3) is 60.5. The van der Waals surface area contributed by atoms with Gasteiger partial charge in [0.05, 0.1) is 31.5 Å². The molecule has 0 aliphatic heterocycles. The van der Waals surface area contributed by atoms with E-state index < -0.39 is 74.2 Å². The molecule has 0 spiro atoms. The molecule has 0 aromatic heterocycles. The summed E-state index contributed by atoms with van der Waals surface area (Å²) in [7, 11) is -18.3. The van der Waals surface area contributed by atoms with Crippen LogP contribution in [0.2, 0.25) is 0 Å². The summed E-state index contributed by atoms with van der Waals surface area (Å²) < 4.78 is 99.9. The maximum Gasteiger partial charge on any atom is 0.458 e. The number of rotatable bonds is 19. The second kappa shape index (κ2) is 32.8. The van der Waals surface area contributed by atoms with Crippen molar-refractivity contribution < 1.29 is 92.0 Å². The normalized spacial score (nSPS) is 15.8.